The summed E-state index contributed by atoms with van der Waals surface area (Å²) >= 11 is 1.56. The molecule has 0 aromatic carbocycles. The third kappa shape index (κ3) is 1.98. The Balaban J connectivity index is 2.54. The van der Waals surface area contributed by atoms with E-state index >= 15 is 0 Å². The number of imidazole rings is 1. The van der Waals surface area contributed by atoms with E-state index in [-0.39, 0.29) is 5.75 Å². The van der Waals surface area contributed by atoms with Gasteiger partial charge in [0.1, 0.15) is 5.75 Å². The third-order valence-corrected chi connectivity index (χ3v) is 4.55. The minimum atomic E-state index is -3.25. The molecule has 0 aliphatic carbocycles. The van der Waals surface area contributed by atoms with E-state index in [0.717, 1.165) is 21.2 Å². The molecule has 0 spiro atoms. The van der Waals surface area contributed by atoms with Gasteiger partial charge in [0.15, 0.2) is 4.96 Å². The Kier molecular flexibility index (Phi) is 2.77. The molecule has 0 aliphatic rings. The standard InChI is InChI=1S/C9H13N3O2S2/c1-6-4-12-8(5-16(13,14)10-3)7(2)11-9(12)15-6/h4,10H,5H2,1-3H3. The van der Waals surface area contributed by atoms with E-state index in [9.17, 15) is 8.42 Å². The summed E-state index contributed by atoms with van der Waals surface area (Å²) in [7, 11) is -1.83. The molecule has 7 heteroatoms. The fraction of sp³-hybridized carbons (Fsp3) is 0.444. The summed E-state index contributed by atoms with van der Waals surface area (Å²) in [6, 6.07) is 0. The zero-order chi connectivity index (χ0) is 11.9. The van der Waals surface area contributed by atoms with Crippen molar-refractivity contribution in [1.29, 1.82) is 0 Å². The fourth-order valence-electron chi connectivity index (χ4n) is 1.54. The molecule has 0 bridgehead atoms. The number of hydrogen-bond acceptors (Lipinski definition) is 4. The molecule has 2 aromatic rings. The smallest absolute Gasteiger partial charge is 0.217 e. The van der Waals surface area contributed by atoms with Crippen LogP contribution >= 0.6 is 11.3 Å². The number of thiazole rings is 1. The van der Waals surface area contributed by atoms with Crippen molar-refractivity contribution in [3.8, 4) is 0 Å². The van der Waals surface area contributed by atoms with E-state index in [0.29, 0.717) is 0 Å². The molecule has 0 aliphatic heterocycles. The Hall–Kier alpha value is -0.920. The van der Waals surface area contributed by atoms with Crippen LogP contribution in [0.15, 0.2) is 6.20 Å². The molecule has 0 radical (unpaired) electrons. The lowest BCUT2D eigenvalue weighted by Gasteiger charge is -2.02. The lowest BCUT2D eigenvalue weighted by atomic mass is 10.4. The number of aromatic nitrogens is 2. The molecule has 0 saturated heterocycles. The molecular formula is C9H13N3O2S2. The van der Waals surface area contributed by atoms with Crippen molar-refractivity contribution in [1.82, 2.24) is 14.1 Å². The molecule has 88 valence electrons. The zero-order valence-electron chi connectivity index (χ0n) is 9.31. The average Bonchev–Trinajstić information content (AvgIpc) is 2.66. The molecule has 1 N–H and O–H groups in total. The molecule has 2 aromatic heterocycles. The highest BCUT2D eigenvalue weighted by Gasteiger charge is 2.17. The number of rotatable bonds is 3. The molecular weight excluding hydrogens is 246 g/mol. The Bertz CT molecular complexity index is 625. The highest BCUT2D eigenvalue weighted by molar-refractivity contribution is 7.88. The number of aryl methyl sites for hydroxylation is 2. The van der Waals surface area contributed by atoms with Crippen molar-refractivity contribution in [2.45, 2.75) is 19.6 Å². The second-order valence-electron chi connectivity index (χ2n) is 3.60. The summed E-state index contributed by atoms with van der Waals surface area (Å²) in [4.78, 5) is 6.30. The maximum Gasteiger partial charge on any atom is 0.217 e. The lowest BCUT2D eigenvalue weighted by Crippen LogP contribution is -2.21. The van der Waals surface area contributed by atoms with Gasteiger partial charge in [0.05, 0.1) is 11.4 Å². The van der Waals surface area contributed by atoms with Crippen molar-refractivity contribution >= 4 is 26.3 Å². The minimum absolute atomic E-state index is 0.0350. The van der Waals surface area contributed by atoms with E-state index in [1.165, 1.54) is 7.05 Å². The Morgan fingerprint density at radius 3 is 2.81 bits per heavy atom. The zero-order valence-corrected chi connectivity index (χ0v) is 10.9. The summed E-state index contributed by atoms with van der Waals surface area (Å²) in [6.45, 7) is 3.81. The second-order valence-corrected chi connectivity index (χ2v) is 6.74. The summed E-state index contributed by atoms with van der Waals surface area (Å²) in [6.07, 6.45) is 1.92. The first-order chi connectivity index (χ1) is 7.43. The number of hydrogen-bond donors (Lipinski definition) is 1. The van der Waals surface area contributed by atoms with Gasteiger partial charge < -0.3 is 0 Å². The topological polar surface area (TPSA) is 63.5 Å². The second kappa shape index (κ2) is 3.83. The van der Waals surface area contributed by atoms with Gasteiger partial charge in [0.25, 0.3) is 0 Å². The average molecular weight is 259 g/mol. The van der Waals surface area contributed by atoms with Crippen LogP contribution in [-0.4, -0.2) is 24.9 Å². The number of sulfonamides is 1. The van der Waals surface area contributed by atoms with Gasteiger partial charge in [-0.3, -0.25) is 4.40 Å². The van der Waals surface area contributed by atoms with Crippen LogP contribution in [0.2, 0.25) is 0 Å². The van der Waals surface area contributed by atoms with Crippen molar-refractivity contribution in [3.05, 3.63) is 22.5 Å². The quantitative estimate of drug-likeness (QED) is 0.896. The SMILES string of the molecule is CNS(=O)(=O)Cc1c(C)nc2sc(C)cn12. The van der Waals surface area contributed by atoms with Crippen molar-refractivity contribution in [2.24, 2.45) is 0 Å². The van der Waals surface area contributed by atoms with Crippen LogP contribution in [0.4, 0.5) is 0 Å². The van der Waals surface area contributed by atoms with Gasteiger partial charge in [-0.1, -0.05) is 0 Å². The number of fused-ring (bicyclic) bond motifs is 1. The van der Waals surface area contributed by atoms with Crippen molar-refractivity contribution < 1.29 is 8.42 Å². The predicted octanol–water partition coefficient (Wildman–Crippen LogP) is 1.06. The molecule has 5 nitrogen and oxygen atoms in total. The van der Waals surface area contributed by atoms with Gasteiger partial charge in [0.2, 0.25) is 10.0 Å². The summed E-state index contributed by atoms with van der Waals surface area (Å²) < 4.78 is 27.2. The molecule has 16 heavy (non-hydrogen) atoms. The minimum Gasteiger partial charge on any atom is -0.293 e. The molecule has 0 fully saturated rings. The fourth-order valence-corrected chi connectivity index (χ4v) is 3.28. The Morgan fingerprint density at radius 2 is 2.19 bits per heavy atom. The van der Waals surface area contributed by atoms with Crippen LogP contribution in [0.25, 0.3) is 4.96 Å². The van der Waals surface area contributed by atoms with Gasteiger partial charge in [0, 0.05) is 11.1 Å². The lowest BCUT2D eigenvalue weighted by molar-refractivity contribution is 0.586. The van der Waals surface area contributed by atoms with Gasteiger partial charge in [-0.05, 0) is 20.9 Å². The molecule has 0 unspecified atom stereocenters. The maximum atomic E-state index is 11.5. The van der Waals surface area contributed by atoms with Crippen molar-refractivity contribution in [3.63, 3.8) is 0 Å². The van der Waals surface area contributed by atoms with E-state index in [4.69, 9.17) is 0 Å². The molecule has 0 saturated carbocycles. The largest absolute Gasteiger partial charge is 0.293 e. The van der Waals surface area contributed by atoms with E-state index in [1.54, 1.807) is 11.3 Å². The highest BCUT2D eigenvalue weighted by Crippen LogP contribution is 2.21. The summed E-state index contributed by atoms with van der Waals surface area (Å²) in [5.74, 6) is -0.0350. The Labute approximate surface area is 98.2 Å². The first-order valence-corrected chi connectivity index (χ1v) is 7.25. The van der Waals surface area contributed by atoms with Gasteiger partial charge >= 0.3 is 0 Å². The molecule has 0 atom stereocenters. The number of nitrogens with zero attached hydrogens (tertiary/aromatic N) is 2. The van der Waals surface area contributed by atoms with E-state index in [2.05, 4.69) is 9.71 Å². The molecule has 0 amide bonds. The van der Waals surface area contributed by atoms with Gasteiger partial charge in [-0.15, -0.1) is 11.3 Å². The van der Waals surface area contributed by atoms with E-state index in [1.807, 2.05) is 24.4 Å². The van der Waals surface area contributed by atoms with Crippen LogP contribution < -0.4 is 4.72 Å². The van der Waals surface area contributed by atoms with Crippen molar-refractivity contribution in [2.75, 3.05) is 7.05 Å². The van der Waals surface area contributed by atoms with Crippen LogP contribution in [-0.2, 0) is 15.8 Å². The Morgan fingerprint density at radius 1 is 1.50 bits per heavy atom. The molecule has 2 rings (SSSR count). The first-order valence-electron chi connectivity index (χ1n) is 4.78. The molecule has 2 heterocycles. The van der Waals surface area contributed by atoms with Crippen LogP contribution in [0.1, 0.15) is 16.3 Å². The van der Waals surface area contributed by atoms with Crippen LogP contribution in [0.5, 0.6) is 0 Å². The monoisotopic (exact) mass is 259 g/mol. The van der Waals surface area contributed by atoms with Crippen LogP contribution in [0, 0.1) is 13.8 Å². The van der Waals surface area contributed by atoms with E-state index < -0.39 is 10.0 Å². The predicted molar refractivity (Wildman–Crippen MR) is 64.2 cm³/mol. The maximum absolute atomic E-state index is 11.5. The highest BCUT2D eigenvalue weighted by atomic mass is 32.2. The van der Waals surface area contributed by atoms with Gasteiger partial charge in [-0.2, -0.15) is 0 Å². The van der Waals surface area contributed by atoms with Crippen LogP contribution in [0.3, 0.4) is 0 Å². The first kappa shape index (κ1) is 11.6. The summed E-state index contributed by atoms with van der Waals surface area (Å²) in [5.41, 5.74) is 1.50. The normalized spacial score (nSPS) is 12.4. The number of nitrogens with one attached hydrogen (secondary N) is 1. The van der Waals surface area contributed by atoms with Gasteiger partial charge in [-0.25, -0.2) is 18.1 Å². The summed E-state index contributed by atoms with van der Waals surface area (Å²) in [5, 5.41) is 0. The third-order valence-electron chi connectivity index (χ3n) is 2.38.